The van der Waals surface area contributed by atoms with Gasteiger partial charge in [0, 0.05) is 6.92 Å². The van der Waals surface area contributed by atoms with Gasteiger partial charge >= 0.3 is 5.97 Å². The quantitative estimate of drug-likeness (QED) is 0.600. The maximum atomic E-state index is 10.6. The number of carbonyl (C=O) groups is 1. The van der Waals surface area contributed by atoms with Crippen LogP contribution in [0.3, 0.4) is 0 Å². The van der Waals surface area contributed by atoms with Crippen LogP contribution in [-0.2, 0) is 27.8 Å². The van der Waals surface area contributed by atoms with Gasteiger partial charge in [0.1, 0.15) is 0 Å². The number of rotatable bonds is 3. The predicted octanol–water partition coefficient (Wildman–Crippen LogP) is 3.53. The molecule has 2 heteroatoms. The van der Waals surface area contributed by atoms with Gasteiger partial charge in [0.15, 0.2) is 0 Å². The fourth-order valence-corrected chi connectivity index (χ4v) is 2.51. The Morgan fingerprint density at radius 2 is 2.22 bits per heavy atom. The number of fused-ring (bicyclic) bond motifs is 1. The third kappa shape index (κ3) is 2.81. The minimum absolute atomic E-state index is 0.277. The third-order valence-electron chi connectivity index (χ3n) is 3.61. The predicted molar refractivity (Wildman–Crippen MR) is 72.4 cm³/mol. The highest BCUT2D eigenvalue weighted by Gasteiger charge is 2.29. The van der Waals surface area contributed by atoms with Gasteiger partial charge < -0.3 is 4.74 Å². The van der Waals surface area contributed by atoms with E-state index in [9.17, 15) is 4.79 Å². The van der Waals surface area contributed by atoms with Gasteiger partial charge in [0.05, 0.1) is 6.26 Å². The van der Waals surface area contributed by atoms with Crippen molar-refractivity contribution in [3.8, 4) is 0 Å². The molecule has 0 saturated carbocycles. The van der Waals surface area contributed by atoms with Crippen LogP contribution in [0.4, 0.5) is 0 Å². The molecule has 18 heavy (non-hydrogen) atoms. The number of esters is 1. The number of allylic oxidation sites excluding steroid dienone is 1. The lowest BCUT2D eigenvalue weighted by molar-refractivity contribution is -0.135. The molecule has 1 aromatic rings. The molecule has 1 aliphatic carbocycles. The van der Waals surface area contributed by atoms with Crippen molar-refractivity contribution in [1.82, 2.24) is 0 Å². The normalized spacial score (nSPS) is 16.8. The molecule has 0 aromatic heterocycles. The molecule has 2 nitrogen and oxygen atoms in total. The fraction of sp³-hybridized carbons (Fsp3) is 0.438. The molecule has 1 aromatic carbocycles. The third-order valence-corrected chi connectivity index (χ3v) is 3.61. The second kappa shape index (κ2) is 4.97. The molecule has 0 heterocycles. The van der Waals surface area contributed by atoms with E-state index in [4.69, 9.17) is 4.74 Å². The molecule has 0 bridgehead atoms. The summed E-state index contributed by atoms with van der Waals surface area (Å²) >= 11 is 0. The van der Waals surface area contributed by atoms with Crippen molar-refractivity contribution in [3.63, 3.8) is 0 Å². The van der Waals surface area contributed by atoms with E-state index in [1.54, 1.807) is 0 Å². The Hall–Kier alpha value is -1.57. The molecule has 0 spiro atoms. The summed E-state index contributed by atoms with van der Waals surface area (Å²) in [5.74, 6) is -0.277. The van der Waals surface area contributed by atoms with Gasteiger partial charge in [-0.15, -0.1) is 0 Å². The first-order valence-corrected chi connectivity index (χ1v) is 6.43. The van der Waals surface area contributed by atoms with Crippen LogP contribution in [-0.4, -0.2) is 5.97 Å². The number of carbonyl (C=O) groups excluding carboxylic acids is 1. The van der Waals surface area contributed by atoms with Crippen LogP contribution in [0.5, 0.6) is 0 Å². The van der Waals surface area contributed by atoms with Crippen LogP contribution in [0, 0.1) is 0 Å². The Bertz CT molecular complexity index is 484. The molecule has 0 unspecified atom stereocenters. The summed E-state index contributed by atoms with van der Waals surface area (Å²) in [6, 6.07) is 6.69. The van der Waals surface area contributed by atoms with Crippen LogP contribution in [0.15, 0.2) is 30.5 Å². The fourth-order valence-electron chi connectivity index (χ4n) is 2.51. The van der Waals surface area contributed by atoms with E-state index in [-0.39, 0.29) is 5.97 Å². The summed E-state index contributed by atoms with van der Waals surface area (Å²) in [6.45, 7) is 6.01. The van der Waals surface area contributed by atoms with E-state index in [1.165, 1.54) is 42.7 Å². The van der Waals surface area contributed by atoms with Crippen LogP contribution < -0.4 is 0 Å². The Morgan fingerprint density at radius 3 is 2.94 bits per heavy atom. The molecule has 0 aliphatic heterocycles. The largest absolute Gasteiger partial charge is 0.435 e. The van der Waals surface area contributed by atoms with Gasteiger partial charge in [-0.25, -0.2) is 0 Å². The summed E-state index contributed by atoms with van der Waals surface area (Å²) in [7, 11) is 0. The summed E-state index contributed by atoms with van der Waals surface area (Å²) in [6.07, 6.45) is 6.57. The van der Waals surface area contributed by atoms with Crippen molar-refractivity contribution in [1.29, 1.82) is 0 Å². The molecular weight excluding hydrogens is 224 g/mol. The standard InChI is InChI=1S/C16H20O2/c1-12(17)18-10-4-5-13-6-7-14-8-9-16(2,3)15(14)11-13/h4,6-7,10-11H,5,8-9H2,1-3H3. The minimum atomic E-state index is -0.277. The molecular formula is C16H20O2. The lowest BCUT2D eigenvalue weighted by Crippen LogP contribution is -2.12. The molecule has 0 saturated heterocycles. The lowest BCUT2D eigenvalue weighted by Gasteiger charge is -2.19. The monoisotopic (exact) mass is 244 g/mol. The molecule has 96 valence electrons. The molecule has 1 aliphatic rings. The minimum Gasteiger partial charge on any atom is -0.435 e. The first kappa shape index (κ1) is 12.9. The zero-order valence-corrected chi connectivity index (χ0v) is 11.3. The van der Waals surface area contributed by atoms with Crippen molar-refractivity contribution < 1.29 is 9.53 Å². The zero-order chi connectivity index (χ0) is 13.2. The molecule has 0 N–H and O–H groups in total. The van der Waals surface area contributed by atoms with Crippen LogP contribution in [0.25, 0.3) is 0 Å². The average molecular weight is 244 g/mol. The van der Waals surface area contributed by atoms with Gasteiger partial charge in [-0.1, -0.05) is 32.0 Å². The summed E-state index contributed by atoms with van der Waals surface area (Å²) in [5.41, 5.74) is 4.52. The number of hydrogen-bond donors (Lipinski definition) is 0. The van der Waals surface area contributed by atoms with Crippen LogP contribution in [0.1, 0.15) is 43.9 Å². The lowest BCUT2D eigenvalue weighted by atomic mass is 9.85. The van der Waals surface area contributed by atoms with Gasteiger partial charge in [-0.3, -0.25) is 4.79 Å². The highest BCUT2D eigenvalue weighted by atomic mass is 16.5. The number of benzene rings is 1. The zero-order valence-electron chi connectivity index (χ0n) is 11.3. The Labute approximate surface area is 109 Å². The van der Waals surface area contributed by atoms with E-state index in [2.05, 4.69) is 32.0 Å². The van der Waals surface area contributed by atoms with Gasteiger partial charge in [0.2, 0.25) is 0 Å². The molecule has 2 rings (SSSR count). The number of ether oxygens (including phenoxy) is 1. The summed E-state index contributed by atoms with van der Waals surface area (Å²) in [5, 5.41) is 0. The second-order valence-electron chi connectivity index (χ2n) is 5.56. The van der Waals surface area contributed by atoms with Crippen molar-refractivity contribution in [2.24, 2.45) is 0 Å². The Kier molecular flexibility index (Phi) is 3.55. The van der Waals surface area contributed by atoms with E-state index < -0.39 is 0 Å². The van der Waals surface area contributed by atoms with Gasteiger partial charge in [0.25, 0.3) is 0 Å². The topological polar surface area (TPSA) is 26.3 Å². The van der Waals surface area contributed by atoms with Crippen molar-refractivity contribution in [2.75, 3.05) is 0 Å². The number of aryl methyl sites for hydroxylation is 1. The summed E-state index contributed by atoms with van der Waals surface area (Å²) < 4.78 is 4.78. The van der Waals surface area contributed by atoms with E-state index in [1.807, 2.05) is 6.08 Å². The number of hydrogen-bond acceptors (Lipinski definition) is 2. The highest BCUT2D eigenvalue weighted by Crippen LogP contribution is 2.38. The second-order valence-corrected chi connectivity index (χ2v) is 5.56. The molecule has 0 amide bonds. The summed E-state index contributed by atoms with van der Waals surface area (Å²) in [4.78, 5) is 10.6. The first-order valence-electron chi connectivity index (χ1n) is 6.43. The molecule has 0 atom stereocenters. The highest BCUT2D eigenvalue weighted by molar-refractivity contribution is 5.66. The Morgan fingerprint density at radius 1 is 1.44 bits per heavy atom. The Balaban J connectivity index is 2.08. The average Bonchev–Trinajstić information content (AvgIpc) is 2.61. The van der Waals surface area contributed by atoms with E-state index in [0.717, 1.165) is 6.42 Å². The van der Waals surface area contributed by atoms with Crippen molar-refractivity contribution in [2.45, 2.75) is 45.4 Å². The van der Waals surface area contributed by atoms with Crippen molar-refractivity contribution in [3.05, 3.63) is 47.2 Å². The van der Waals surface area contributed by atoms with Crippen LogP contribution >= 0.6 is 0 Å². The van der Waals surface area contributed by atoms with Crippen LogP contribution in [0.2, 0.25) is 0 Å². The maximum Gasteiger partial charge on any atom is 0.307 e. The van der Waals surface area contributed by atoms with Gasteiger partial charge in [-0.05, 0) is 47.4 Å². The van der Waals surface area contributed by atoms with Gasteiger partial charge in [-0.2, -0.15) is 0 Å². The van der Waals surface area contributed by atoms with E-state index in [0.29, 0.717) is 5.41 Å². The van der Waals surface area contributed by atoms with E-state index >= 15 is 0 Å². The van der Waals surface area contributed by atoms with Crippen molar-refractivity contribution >= 4 is 5.97 Å². The smallest absolute Gasteiger partial charge is 0.307 e. The maximum absolute atomic E-state index is 10.6. The molecule has 0 radical (unpaired) electrons. The first-order chi connectivity index (χ1) is 8.49. The molecule has 0 fully saturated rings. The SMILES string of the molecule is CC(=O)OC=CCc1ccc2c(c1)C(C)(C)CC2.